The number of rotatable bonds is 44. The van der Waals surface area contributed by atoms with E-state index in [1.54, 1.807) is 12.2 Å². The van der Waals surface area contributed by atoms with Crippen molar-refractivity contribution in [1.82, 2.24) is 0 Å². The van der Waals surface area contributed by atoms with Crippen LogP contribution in [0.3, 0.4) is 0 Å². The number of carbonyl (C=O) groups excluding carboxylic acids is 4. The summed E-state index contributed by atoms with van der Waals surface area (Å²) < 4.78 is 0. The largest absolute Gasteiger partial charge is 2.00 e. The first-order chi connectivity index (χ1) is 29.1. The van der Waals surface area contributed by atoms with Crippen LogP contribution in [0.2, 0.25) is 0 Å². The minimum Gasteiger partial charge on any atom is -0.545 e. The van der Waals surface area contributed by atoms with Gasteiger partial charge in [-0.05, 0) is 49.0 Å². The van der Waals surface area contributed by atoms with Crippen molar-refractivity contribution >= 4 is 70.0 Å². The fraction of sp³-hybridized carbons (Fsp3) is 0.769. The molecule has 0 unspecified atom stereocenters. The van der Waals surface area contributed by atoms with Gasteiger partial charge >= 0.3 is 46.1 Å². The molecule has 0 aliphatic heterocycles. The van der Waals surface area contributed by atoms with Crippen LogP contribution in [0.1, 0.15) is 258 Å². The molecule has 348 valence electrons. The second kappa shape index (κ2) is 55.5. The minimum atomic E-state index is -1.52. The van der Waals surface area contributed by atoms with Gasteiger partial charge < -0.3 is 39.6 Å². The zero-order valence-electron chi connectivity index (χ0n) is 40.0. The smallest absolute Gasteiger partial charge is 0.545 e. The van der Waals surface area contributed by atoms with Crippen LogP contribution < -0.4 is 20.4 Å². The summed E-state index contributed by atoms with van der Waals surface area (Å²) in [6.07, 6.45) is 56.6. The van der Waals surface area contributed by atoms with Crippen molar-refractivity contribution in [1.29, 1.82) is 0 Å². The molecule has 0 aliphatic rings. The molecule has 0 heterocycles. The molecule has 10 heteroatoms. The van der Waals surface area contributed by atoms with Gasteiger partial charge in [0.25, 0.3) is 0 Å². The molecule has 0 aliphatic carbocycles. The molecular weight excluding hydrogens is 801 g/mol. The molecule has 0 fully saturated rings. The fourth-order valence-corrected chi connectivity index (χ4v) is 7.35. The van der Waals surface area contributed by atoms with Crippen LogP contribution in [0.25, 0.3) is 0 Å². The Bertz CT molecular complexity index is 1060. The molecule has 0 aromatic carbocycles. The topological polar surface area (TPSA) is 161 Å². The predicted octanol–water partition coefficient (Wildman–Crippen LogP) is 10.0. The second-order valence-electron chi connectivity index (χ2n) is 16.8. The van der Waals surface area contributed by atoms with E-state index in [0.717, 1.165) is 38.5 Å². The van der Waals surface area contributed by atoms with Gasteiger partial charge in [-0.25, -0.2) is 0 Å². The molecular formula is C52H88Mg2O8. The first-order valence-corrected chi connectivity index (χ1v) is 24.8. The Morgan fingerprint density at radius 1 is 0.306 bits per heavy atom. The van der Waals surface area contributed by atoms with Gasteiger partial charge in [0.1, 0.15) is 0 Å². The van der Waals surface area contributed by atoms with E-state index in [1.165, 1.54) is 218 Å². The summed E-state index contributed by atoms with van der Waals surface area (Å²) in [5.41, 5.74) is -0.699. The minimum absolute atomic E-state index is 0. The average Bonchev–Trinajstić information content (AvgIpc) is 3.21. The van der Waals surface area contributed by atoms with Crippen molar-refractivity contribution in [2.75, 3.05) is 0 Å². The Hall–Kier alpha value is -1.63. The van der Waals surface area contributed by atoms with Crippen LogP contribution >= 0.6 is 0 Å². The van der Waals surface area contributed by atoms with E-state index in [1.807, 2.05) is 0 Å². The van der Waals surface area contributed by atoms with Gasteiger partial charge in [-0.2, -0.15) is 0 Å². The molecule has 0 spiro atoms. The maximum Gasteiger partial charge on any atom is 2.00 e. The summed E-state index contributed by atoms with van der Waals surface area (Å²) in [5.74, 6) is -6.03. The number of hydrogen-bond acceptors (Lipinski definition) is 8. The first kappa shape index (κ1) is 67.0. The number of carboxylic acids is 4. The molecule has 8 nitrogen and oxygen atoms in total. The van der Waals surface area contributed by atoms with E-state index in [0.29, 0.717) is 12.2 Å². The first-order valence-electron chi connectivity index (χ1n) is 24.8. The van der Waals surface area contributed by atoms with Crippen LogP contribution in [0.4, 0.5) is 0 Å². The summed E-state index contributed by atoms with van der Waals surface area (Å²) in [4.78, 5) is 42.3. The number of aliphatic carboxylic acids is 4. The zero-order valence-corrected chi connectivity index (χ0v) is 42.8. The van der Waals surface area contributed by atoms with E-state index in [2.05, 4.69) is 13.8 Å². The zero-order chi connectivity index (χ0) is 44.6. The molecule has 0 atom stereocenters. The maximum atomic E-state index is 10.7. The Balaban J connectivity index is -0.000000526. The van der Waals surface area contributed by atoms with Crippen molar-refractivity contribution in [3.8, 4) is 0 Å². The van der Waals surface area contributed by atoms with E-state index in [-0.39, 0.29) is 57.3 Å². The summed E-state index contributed by atoms with van der Waals surface area (Å²) in [5, 5.41) is 42.3. The molecule has 0 aromatic rings. The Morgan fingerprint density at radius 3 is 0.645 bits per heavy atom. The summed E-state index contributed by atoms with van der Waals surface area (Å²) in [6, 6.07) is 0. The van der Waals surface area contributed by atoms with Gasteiger partial charge in [0.15, 0.2) is 0 Å². The van der Waals surface area contributed by atoms with E-state index >= 15 is 0 Å². The number of allylic oxidation sites excluding steroid dienone is 2. The van der Waals surface area contributed by atoms with E-state index < -0.39 is 23.9 Å². The number of carboxylic acid groups (broad SMARTS) is 4. The maximum absolute atomic E-state index is 10.7. The second-order valence-corrected chi connectivity index (χ2v) is 16.8. The van der Waals surface area contributed by atoms with Crippen molar-refractivity contribution in [3.63, 3.8) is 0 Å². The summed E-state index contributed by atoms with van der Waals surface area (Å²) in [6.45, 7) is 4.54. The fourth-order valence-electron chi connectivity index (χ4n) is 7.35. The van der Waals surface area contributed by atoms with Gasteiger partial charge in [0, 0.05) is 0 Å². The van der Waals surface area contributed by atoms with Crippen molar-refractivity contribution in [2.45, 2.75) is 258 Å². The predicted molar refractivity (Wildman–Crippen MR) is 253 cm³/mol. The Morgan fingerprint density at radius 2 is 0.484 bits per heavy atom. The van der Waals surface area contributed by atoms with Crippen molar-refractivity contribution in [2.24, 2.45) is 0 Å². The molecule has 0 saturated heterocycles. The molecule has 0 aromatic heterocycles. The van der Waals surface area contributed by atoms with Crippen molar-refractivity contribution in [3.05, 3.63) is 47.6 Å². The standard InChI is InChI=1S/2C26H46O4.2Mg/c2*1-2-3-4-5-6-7-8-9-10-11-12-13-14-15-16-17-18-19-20-21-22-24(26(29)30)23-25(27)28;;/h2*21-23H,2-20H2,1H3,(H,27,28)(H,29,30);;/q;;2*+2/p-4/b2*22-21+,24-23-;;. The summed E-state index contributed by atoms with van der Waals surface area (Å²) >= 11 is 0. The van der Waals surface area contributed by atoms with Gasteiger partial charge in [-0.15, -0.1) is 0 Å². The van der Waals surface area contributed by atoms with Crippen LogP contribution in [-0.4, -0.2) is 70.0 Å². The van der Waals surface area contributed by atoms with Gasteiger partial charge in [0.2, 0.25) is 0 Å². The average molecular weight is 890 g/mol. The Kier molecular flexibility index (Phi) is 60.0. The van der Waals surface area contributed by atoms with Crippen molar-refractivity contribution < 1.29 is 39.6 Å². The van der Waals surface area contributed by atoms with E-state index in [9.17, 15) is 39.6 Å². The monoisotopic (exact) mass is 889 g/mol. The molecule has 62 heavy (non-hydrogen) atoms. The Labute approximate surface area is 412 Å². The third-order valence-electron chi connectivity index (χ3n) is 11.1. The number of unbranched alkanes of at least 4 members (excludes halogenated alkanes) is 36. The third-order valence-corrected chi connectivity index (χ3v) is 11.1. The van der Waals surface area contributed by atoms with Crippen LogP contribution in [-0.2, 0) is 19.2 Å². The number of carbonyl (C=O) groups is 4. The van der Waals surface area contributed by atoms with Gasteiger partial charge in [-0.3, -0.25) is 0 Å². The molecule has 0 bridgehead atoms. The molecule has 0 radical (unpaired) electrons. The quantitative estimate of drug-likeness (QED) is 0.0253. The normalized spacial score (nSPS) is 11.6. The van der Waals surface area contributed by atoms with Gasteiger partial charge in [0.05, 0.1) is 23.9 Å². The molecule has 0 N–H and O–H groups in total. The summed E-state index contributed by atoms with van der Waals surface area (Å²) in [7, 11) is 0. The van der Waals surface area contributed by atoms with Crippen LogP contribution in [0.15, 0.2) is 47.6 Å². The van der Waals surface area contributed by atoms with Gasteiger partial charge in [-0.1, -0.05) is 256 Å². The number of hydrogen-bond donors (Lipinski definition) is 0. The van der Waals surface area contributed by atoms with E-state index in [4.69, 9.17) is 0 Å². The van der Waals surface area contributed by atoms with Crippen LogP contribution in [0, 0.1) is 0 Å². The third kappa shape index (κ3) is 56.4. The molecule has 0 saturated carbocycles. The van der Waals surface area contributed by atoms with Crippen LogP contribution in [0.5, 0.6) is 0 Å². The molecule has 0 rings (SSSR count). The molecule has 0 amide bonds. The SMILES string of the molecule is CCCCCCCCCCCCCCCCCCCC/C=C/C(=C/C(=O)[O-])C(=O)[O-].CCCCCCCCCCCCCCCCCCCC/C=C/C(=C/C(=O)[O-])C(=O)[O-].[Mg+2].[Mg+2].